The van der Waals surface area contributed by atoms with Gasteiger partial charge in [-0.05, 0) is 59.5 Å². The van der Waals surface area contributed by atoms with Crippen molar-refractivity contribution in [3.63, 3.8) is 0 Å². The first kappa shape index (κ1) is 12.9. The van der Waals surface area contributed by atoms with Crippen LogP contribution in [0.2, 0.25) is 0 Å². The number of halogens is 1. The molecule has 0 radical (unpaired) electrons. The van der Waals surface area contributed by atoms with Gasteiger partial charge in [0.15, 0.2) is 0 Å². The zero-order chi connectivity index (χ0) is 12.4. The highest BCUT2D eigenvalue weighted by Crippen LogP contribution is 2.31. The number of hydrogen-bond donors (Lipinski definition) is 0. The third-order valence-electron chi connectivity index (χ3n) is 3.44. The maximum absolute atomic E-state index is 6.00. The molecule has 1 aromatic heterocycles. The molecule has 2 rings (SSSR count). The molecule has 0 saturated heterocycles. The summed E-state index contributed by atoms with van der Waals surface area (Å²) in [5.41, 5.74) is 1.17. The quantitative estimate of drug-likeness (QED) is 0.809. The van der Waals surface area contributed by atoms with Crippen LogP contribution in [0, 0.1) is 18.8 Å². The molecule has 0 bridgehead atoms. The van der Waals surface area contributed by atoms with Gasteiger partial charge in [0.2, 0.25) is 5.88 Å². The van der Waals surface area contributed by atoms with Crippen molar-refractivity contribution in [2.24, 2.45) is 11.8 Å². The van der Waals surface area contributed by atoms with E-state index in [-0.39, 0.29) is 0 Å². The summed E-state index contributed by atoms with van der Waals surface area (Å²) in [6.45, 7) is 6.68. The van der Waals surface area contributed by atoms with E-state index >= 15 is 0 Å². The van der Waals surface area contributed by atoms with Gasteiger partial charge in [-0.2, -0.15) is 0 Å². The van der Waals surface area contributed by atoms with Crippen molar-refractivity contribution >= 4 is 15.9 Å². The van der Waals surface area contributed by atoms with Crippen LogP contribution in [0.5, 0.6) is 5.88 Å². The van der Waals surface area contributed by atoms with Crippen LogP contribution in [0.15, 0.2) is 16.7 Å². The van der Waals surface area contributed by atoms with Crippen molar-refractivity contribution in [1.82, 2.24) is 4.98 Å². The van der Waals surface area contributed by atoms with Gasteiger partial charge in [-0.25, -0.2) is 4.98 Å². The minimum Gasteiger partial charge on any atom is -0.474 e. The fourth-order valence-corrected chi connectivity index (χ4v) is 2.93. The number of pyridine rings is 1. The molecule has 2 nitrogen and oxygen atoms in total. The number of hydrogen-bond acceptors (Lipinski definition) is 2. The molecule has 2 atom stereocenters. The van der Waals surface area contributed by atoms with Gasteiger partial charge >= 0.3 is 0 Å². The predicted octanol–water partition coefficient (Wildman–Crippen LogP) is 4.36. The molecular weight excluding hydrogens is 278 g/mol. The normalized spacial score (nSPS) is 29.1. The lowest BCUT2D eigenvalue weighted by molar-refractivity contribution is 0.0966. The van der Waals surface area contributed by atoms with Gasteiger partial charge in [0.25, 0.3) is 0 Å². The van der Waals surface area contributed by atoms with E-state index in [1.807, 2.05) is 12.3 Å². The van der Waals surface area contributed by atoms with Crippen LogP contribution < -0.4 is 4.74 Å². The van der Waals surface area contributed by atoms with Crippen LogP contribution in [0.1, 0.15) is 38.7 Å². The molecule has 2 unspecified atom stereocenters. The monoisotopic (exact) mass is 297 g/mol. The summed E-state index contributed by atoms with van der Waals surface area (Å²) in [5, 5.41) is 0. The molecule has 1 aliphatic rings. The van der Waals surface area contributed by atoms with Gasteiger partial charge in [0, 0.05) is 16.7 Å². The molecule has 3 heteroatoms. The zero-order valence-electron chi connectivity index (χ0n) is 10.7. The molecular formula is C14H20BrNO. The summed E-state index contributed by atoms with van der Waals surface area (Å²) in [5.74, 6) is 2.29. The van der Waals surface area contributed by atoms with Gasteiger partial charge < -0.3 is 4.74 Å². The lowest BCUT2D eigenvalue weighted by Gasteiger charge is -2.31. The van der Waals surface area contributed by atoms with E-state index in [9.17, 15) is 0 Å². The molecule has 1 saturated carbocycles. The first-order valence-electron chi connectivity index (χ1n) is 6.33. The molecule has 0 spiro atoms. The number of aryl methyl sites for hydroxylation is 1. The fourth-order valence-electron chi connectivity index (χ4n) is 2.72. The molecule has 0 N–H and O–H groups in total. The summed E-state index contributed by atoms with van der Waals surface area (Å²) in [6, 6.07) is 2.01. The van der Waals surface area contributed by atoms with Crippen molar-refractivity contribution in [2.45, 2.75) is 46.1 Å². The maximum Gasteiger partial charge on any atom is 0.213 e. The Labute approximate surface area is 112 Å². The second-order valence-corrected chi connectivity index (χ2v) is 6.28. The van der Waals surface area contributed by atoms with E-state index in [2.05, 4.69) is 41.7 Å². The summed E-state index contributed by atoms with van der Waals surface area (Å²) < 4.78 is 7.04. The molecule has 0 aliphatic heterocycles. The third-order valence-corrected chi connectivity index (χ3v) is 4.27. The first-order valence-corrected chi connectivity index (χ1v) is 7.12. The topological polar surface area (TPSA) is 22.1 Å². The fraction of sp³-hybridized carbons (Fsp3) is 0.643. The second kappa shape index (κ2) is 5.38. The van der Waals surface area contributed by atoms with Crippen molar-refractivity contribution < 1.29 is 4.74 Å². The van der Waals surface area contributed by atoms with Gasteiger partial charge in [0.05, 0.1) is 0 Å². The Bertz CT molecular complexity index is 384. The lowest BCUT2D eigenvalue weighted by atomic mass is 9.82. The molecule has 17 heavy (non-hydrogen) atoms. The van der Waals surface area contributed by atoms with Gasteiger partial charge in [0.1, 0.15) is 6.10 Å². The Morgan fingerprint density at radius 2 is 1.88 bits per heavy atom. The highest BCUT2D eigenvalue weighted by molar-refractivity contribution is 9.10. The van der Waals surface area contributed by atoms with Crippen molar-refractivity contribution in [3.05, 3.63) is 22.3 Å². The van der Waals surface area contributed by atoms with Crippen LogP contribution in [-0.2, 0) is 0 Å². The molecule has 94 valence electrons. The van der Waals surface area contributed by atoms with E-state index in [1.54, 1.807) is 0 Å². The van der Waals surface area contributed by atoms with Crippen LogP contribution in [0.4, 0.5) is 0 Å². The van der Waals surface area contributed by atoms with Gasteiger partial charge in [-0.1, -0.05) is 13.8 Å². The largest absolute Gasteiger partial charge is 0.474 e. The molecule has 1 aliphatic carbocycles. The number of nitrogens with zero attached hydrogens (tertiary/aromatic N) is 1. The first-order chi connectivity index (χ1) is 8.04. The Morgan fingerprint density at radius 3 is 2.47 bits per heavy atom. The van der Waals surface area contributed by atoms with Gasteiger partial charge in [-0.15, -0.1) is 0 Å². The third kappa shape index (κ3) is 3.44. The second-order valence-electron chi connectivity index (χ2n) is 5.43. The molecule has 0 amide bonds. The Kier molecular flexibility index (Phi) is 4.08. The highest BCUT2D eigenvalue weighted by Gasteiger charge is 2.25. The van der Waals surface area contributed by atoms with E-state index in [0.717, 1.165) is 35.0 Å². The SMILES string of the molecule is Cc1cc(OC2CC(C)CC(C)C2)ncc1Br. The molecule has 1 fully saturated rings. The number of ether oxygens (including phenoxy) is 1. The van der Waals surface area contributed by atoms with E-state index < -0.39 is 0 Å². The van der Waals surface area contributed by atoms with Crippen molar-refractivity contribution in [2.75, 3.05) is 0 Å². The number of rotatable bonds is 2. The minimum atomic E-state index is 0.335. The number of aromatic nitrogens is 1. The van der Waals surface area contributed by atoms with Gasteiger partial charge in [-0.3, -0.25) is 0 Å². The van der Waals surface area contributed by atoms with E-state index in [0.29, 0.717) is 6.10 Å². The standard InChI is InChI=1S/C14H20BrNO/c1-9-4-10(2)6-12(5-9)17-14-7-11(3)13(15)8-16-14/h7-10,12H,4-6H2,1-3H3. The van der Waals surface area contributed by atoms with Crippen LogP contribution in [-0.4, -0.2) is 11.1 Å². The Morgan fingerprint density at radius 1 is 1.24 bits per heavy atom. The van der Waals surface area contributed by atoms with Crippen LogP contribution in [0.25, 0.3) is 0 Å². The molecule has 0 aromatic carbocycles. The lowest BCUT2D eigenvalue weighted by Crippen LogP contribution is -2.28. The van der Waals surface area contributed by atoms with E-state index in [1.165, 1.54) is 12.0 Å². The summed E-state index contributed by atoms with van der Waals surface area (Å²) in [6.07, 6.45) is 5.79. The van der Waals surface area contributed by atoms with Crippen LogP contribution >= 0.6 is 15.9 Å². The maximum atomic E-state index is 6.00. The van der Waals surface area contributed by atoms with E-state index in [4.69, 9.17) is 4.74 Å². The highest BCUT2D eigenvalue weighted by atomic mass is 79.9. The Balaban J connectivity index is 2.02. The average molecular weight is 298 g/mol. The minimum absolute atomic E-state index is 0.335. The zero-order valence-corrected chi connectivity index (χ0v) is 12.3. The summed E-state index contributed by atoms with van der Waals surface area (Å²) >= 11 is 3.46. The summed E-state index contributed by atoms with van der Waals surface area (Å²) in [7, 11) is 0. The smallest absolute Gasteiger partial charge is 0.213 e. The molecule has 1 aromatic rings. The predicted molar refractivity (Wildman–Crippen MR) is 73.3 cm³/mol. The van der Waals surface area contributed by atoms with Crippen LogP contribution in [0.3, 0.4) is 0 Å². The van der Waals surface area contributed by atoms with Crippen molar-refractivity contribution in [3.8, 4) is 5.88 Å². The Hall–Kier alpha value is -0.570. The molecule has 1 heterocycles. The average Bonchev–Trinajstić information content (AvgIpc) is 2.22. The van der Waals surface area contributed by atoms with Crippen molar-refractivity contribution in [1.29, 1.82) is 0 Å². The summed E-state index contributed by atoms with van der Waals surface area (Å²) in [4.78, 5) is 4.31.